The van der Waals surface area contributed by atoms with Crippen LogP contribution in [0.1, 0.15) is 32.1 Å². The van der Waals surface area contributed by atoms with Crippen LogP contribution in [0.4, 0.5) is 0 Å². The molecule has 17 heavy (non-hydrogen) atoms. The highest BCUT2D eigenvalue weighted by atomic mass is 16.4. The highest BCUT2D eigenvalue weighted by Gasteiger charge is 2.18. The third-order valence-corrected chi connectivity index (χ3v) is 2.67. The molecule has 0 radical (unpaired) electrons. The molecule has 0 aliphatic heterocycles. The van der Waals surface area contributed by atoms with E-state index in [1.54, 1.807) is 12.3 Å². The summed E-state index contributed by atoms with van der Waals surface area (Å²) in [7, 11) is 0. The average Bonchev–Trinajstić information content (AvgIpc) is 2.62. The van der Waals surface area contributed by atoms with Crippen molar-refractivity contribution in [1.29, 1.82) is 0 Å². The Hall–Kier alpha value is -1.77. The van der Waals surface area contributed by atoms with Crippen molar-refractivity contribution in [2.24, 2.45) is 0 Å². The molecular formula is C14H17NO2. The summed E-state index contributed by atoms with van der Waals surface area (Å²) in [5, 5.41) is 10.0. The molecule has 0 unspecified atom stereocenters. The van der Waals surface area contributed by atoms with Gasteiger partial charge >= 0.3 is 0 Å². The van der Waals surface area contributed by atoms with E-state index in [0.29, 0.717) is 5.89 Å². The summed E-state index contributed by atoms with van der Waals surface area (Å²) >= 11 is 0. The Kier molecular flexibility index (Phi) is 2.69. The van der Waals surface area contributed by atoms with Crippen molar-refractivity contribution in [2.75, 3.05) is 0 Å². The first-order chi connectivity index (χ1) is 7.88. The Balaban J connectivity index is 2.44. The maximum atomic E-state index is 10.0. The number of nitrogens with zero attached hydrogens (tertiary/aromatic N) is 1. The lowest BCUT2D eigenvalue weighted by molar-refractivity contribution is 0.446. The number of hydrogen-bond acceptors (Lipinski definition) is 3. The van der Waals surface area contributed by atoms with E-state index in [2.05, 4.69) is 25.8 Å². The summed E-state index contributed by atoms with van der Waals surface area (Å²) in [5.41, 5.74) is 1.64. The zero-order chi connectivity index (χ0) is 12.6. The Morgan fingerprint density at radius 2 is 1.94 bits per heavy atom. The predicted octanol–water partition coefficient (Wildman–Crippen LogP) is 3.65. The molecule has 1 N–H and O–H groups in total. The fourth-order valence-corrected chi connectivity index (χ4v) is 1.79. The topological polar surface area (TPSA) is 46.3 Å². The zero-order valence-electron chi connectivity index (χ0n) is 10.6. The molecule has 1 aromatic heterocycles. The van der Waals surface area contributed by atoms with Gasteiger partial charge in [-0.3, -0.25) is 0 Å². The third kappa shape index (κ3) is 2.33. The first-order valence-corrected chi connectivity index (χ1v) is 5.64. The lowest BCUT2D eigenvalue weighted by Gasteiger charge is -2.20. The van der Waals surface area contributed by atoms with Gasteiger partial charge in [0.2, 0.25) is 5.89 Å². The fourth-order valence-electron chi connectivity index (χ4n) is 1.79. The molecule has 3 nitrogen and oxygen atoms in total. The van der Waals surface area contributed by atoms with E-state index in [0.717, 1.165) is 16.9 Å². The Labute approximate surface area is 101 Å². The number of phenolic OH excluding ortho intramolecular Hbond substituents is 1. The van der Waals surface area contributed by atoms with Gasteiger partial charge in [-0.05, 0) is 30.0 Å². The maximum absolute atomic E-state index is 10.0. The summed E-state index contributed by atoms with van der Waals surface area (Å²) < 4.78 is 5.43. The van der Waals surface area contributed by atoms with Crippen LogP contribution >= 0.6 is 0 Å². The van der Waals surface area contributed by atoms with Crippen LogP contribution in [-0.4, -0.2) is 10.1 Å². The summed E-state index contributed by atoms with van der Waals surface area (Å²) in [6.07, 6.45) is 1.67. The highest BCUT2D eigenvalue weighted by molar-refractivity contribution is 5.58. The molecule has 0 spiro atoms. The molecule has 3 heteroatoms. The van der Waals surface area contributed by atoms with E-state index in [1.165, 1.54) is 0 Å². The molecular weight excluding hydrogens is 214 g/mol. The summed E-state index contributed by atoms with van der Waals surface area (Å²) in [5.74, 6) is 1.59. The SMILES string of the molecule is Cc1cnc(-c2ccc(C(C)(C)C)c(O)c2)o1. The van der Waals surface area contributed by atoms with Crippen LogP contribution in [0.2, 0.25) is 0 Å². The number of benzene rings is 1. The molecule has 0 saturated heterocycles. The van der Waals surface area contributed by atoms with Gasteiger partial charge in [0.15, 0.2) is 0 Å². The largest absolute Gasteiger partial charge is 0.508 e. The molecule has 0 aliphatic carbocycles. The average molecular weight is 231 g/mol. The van der Waals surface area contributed by atoms with Gasteiger partial charge < -0.3 is 9.52 Å². The number of aromatic nitrogens is 1. The van der Waals surface area contributed by atoms with Gasteiger partial charge in [-0.15, -0.1) is 0 Å². The van der Waals surface area contributed by atoms with Crippen LogP contribution < -0.4 is 0 Å². The zero-order valence-corrected chi connectivity index (χ0v) is 10.6. The standard InChI is InChI=1S/C14H17NO2/c1-9-8-15-13(17-9)10-5-6-11(12(16)7-10)14(2,3)4/h5-8,16H,1-4H3. The van der Waals surface area contributed by atoms with Gasteiger partial charge in [-0.2, -0.15) is 0 Å². The minimum atomic E-state index is -0.0743. The maximum Gasteiger partial charge on any atom is 0.226 e. The van der Waals surface area contributed by atoms with Crippen LogP contribution in [0.15, 0.2) is 28.8 Å². The van der Waals surface area contributed by atoms with Crippen LogP contribution in [0.5, 0.6) is 5.75 Å². The first-order valence-electron chi connectivity index (χ1n) is 5.64. The normalized spacial score (nSPS) is 11.8. The van der Waals surface area contributed by atoms with E-state index in [4.69, 9.17) is 4.42 Å². The van der Waals surface area contributed by atoms with E-state index in [-0.39, 0.29) is 11.2 Å². The molecule has 0 aliphatic rings. The highest BCUT2D eigenvalue weighted by Crippen LogP contribution is 2.33. The predicted molar refractivity (Wildman–Crippen MR) is 67.0 cm³/mol. The van der Waals surface area contributed by atoms with Crippen LogP contribution in [0.25, 0.3) is 11.5 Å². The molecule has 2 aromatic rings. The molecule has 0 atom stereocenters. The van der Waals surface area contributed by atoms with Crippen LogP contribution in [0.3, 0.4) is 0 Å². The van der Waals surface area contributed by atoms with Crippen molar-refractivity contribution in [2.45, 2.75) is 33.1 Å². The van der Waals surface area contributed by atoms with Crippen LogP contribution in [-0.2, 0) is 5.41 Å². The molecule has 0 fully saturated rings. The van der Waals surface area contributed by atoms with E-state index < -0.39 is 0 Å². The van der Waals surface area contributed by atoms with Gasteiger partial charge in [0.25, 0.3) is 0 Å². The van der Waals surface area contributed by atoms with Gasteiger partial charge in [0.05, 0.1) is 6.20 Å². The summed E-state index contributed by atoms with van der Waals surface area (Å²) in [6.45, 7) is 8.05. The second-order valence-electron chi connectivity index (χ2n) is 5.26. The molecule has 1 heterocycles. The molecule has 0 bridgehead atoms. The molecule has 0 amide bonds. The van der Waals surface area contributed by atoms with Gasteiger partial charge in [-0.25, -0.2) is 4.98 Å². The monoisotopic (exact) mass is 231 g/mol. The van der Waals surface area contributed by atoms with Crippen molar-refractivity contribution >= 4 is 0 Å². The van der Waals surface area contributed by atoms with Crippen molar-refractivity contribution in [3.05, 3.63) is 35.7 Å². The van der Waals surface area contributed by atoms with Crippen molar-refractivity contribution < 1.29 is 9.52 Å². The third-order valence-electron chi connectivity index (χ3n) is 2.67. The minimum Gasteiger partial charge on any atom is -0.508 e. The minimum absolute atomic E-state index is 0.0743. The smallest absolute Gasteiger partial charge is 0.226 e. The lowest BCUT2D eigenvalue weighted by Crippen LogP contribution is -2.11. The number of aryl methyl sites for hydroxylation is 1. The Morgan fingerprint density at radius 3 is 2.41 bits per heavy atom. The quantitative estimate of drug-likeness (QED) is 0.814. The van der Waals surface area contributed by atoms with Gasteiger partial charge in [0.1, 0.15) is 11.5 Å². The first kappa shape index (κ1) is 11.7. The Bertz CT molecular complexity index is 535. The fraction of sp³-hybridized carbons (Fsp3) is 0.357. The van der Waals surface area contributed by atoms with Gasteiger partial charge in [0, 0.05) is 5.56 Å². The molecule has 90 valence electrons. The van der Waals surface area contributed by atoms with Crippen molar-refractivity contribution in [1.82, 2.24) is 4.98 Å². The number of hydrogen-bond donors (Lipinski definition) is 1. The van der Waals surface area contributed by atoms with E-state index in [9.17, 15) is 5.11 Å². The van der Waals surface area contributed by atoms with Crippen molar-refractivity contribution in [3.8, 4) is 17.2 Å². The second kappa shape index (κ2) is 3.91. The van der Waals surface area contributed by atoms with Gasteiger partial charge in [-0.1, -0.05) is 26.8 Å². The second-order valence-corrected chi connectivity index (χ2v) is 5.26. The van der Waals surface area contributed by atoms with E-state index in [1.807, 2.05) is 19.1 Å². The number of phenols is 1. The molecule has 1 aromatic carbocycles. The van der Waals surface area contributed by atoms with E-state index >= 15 is 0 Å². The van der Waals surface area contributed by atoms with Crippen molar-refractivity contribution in [3.63, 3.8) is 0 Å². The molecule has 0 saturated carbocycles. The summed E-state index contributed by atoms with van der Waals surface area (Å²) in [4.78, 5) is 4.14. The summed E-state index contributed by atoms with van der Waals surface area (Å²) in [6, 6.07) is 5.54. The lowest BCUT2D eigenvalue weighted by atomic mass is 9.86. The Morgan fingerprint density at radius 1 is 1.24 bits per heavy atom. The molecule has 2 rings (SSSR count). The van der Waals surface area contributed by atoms with Crippen LogP contribution in [0, 0.1) is 6.92 Å². The number of oxazole rings is 1. The number of rotatable bonds is 1. The number of aromatic hydroxyl groups is 1.